The molecule has 1 aromatic rings. The molecule has 2 rings (SSSR count). The first-order valence-corrected chi connectivity index (χ1v) is 10.2. The van der Waals surface area contributed by atoms with Crippen molar-refractivity contribution in [3.63, 3.8) is 0 Å². The minimum absolute atomic E-state index is 0.157. The van der Waals surface area contributed by atoms with E-state index in [0.717, 1.165) is 42.5 Å². The van der Waals surface area contributed by atoms with Crippen LogP contribution in [0.4, 0.5) is 4.39 Å². The molecule has 1 heterocycles. The summed E-state index contributed by atoms with van der Waals surface area (Å²) in [5, 5.41) is 3.49. The lowest BCUT2D eigenvalue weighted by atomic mass is 9.91. The molecule has 0 amide bonds. The Hall–Kier alpha value is -1.74. The van der Waals surface area contributed by atoms with Gasteiger partial charge in [0.25, 0.3) is 0 Å². The lowest BCUT2D eigenvalue weighted by Gasteiger charge is -2.16. The minimum Gasteiger partial charge on any atom is -0.302 e. The highest BCUT2D eigenvalue weighted by atomic mass is 19.1. The van der Waals surface area contributed by atoms with Gasteiger partial charge in [0.15, 0.2) is 0 Å². The van der Waals surface area contributed by atoms with Crippen molar-refractivity contribution in [3.05, 3.63) is 54.1 Å². The fraction of sp³-hybridized carbons (Fsp3) is 0.542. The quantitative estimate of drug-likeness (QED) is 0.481. The van der Waals surface area contributed by atoms with Gasteiger partial charge >= 0.3 is 0 Å². The predicted octanol–water partition coefficient (Wildman–Crippen LogP) is 6.29. The standard InChI is InChI=1S/C24H35FN2/c1-7-15-26-23-16-22(19-11-13-20(14-12-19)24(5,6)25)27-21(23)10-8-9-18(4)17(2)3/h7,11-14,16-18,23,26H,1,8-10,15H2,2-6H3. The highest BCUT2D eigenvalue weighted by Gasteiger charge is 2.22. The van der Waals surface area contributed by atoms with Gasteiger partial charge in [0, 0.05) is 12.3 Å². The molecular formula is C24H35FN2. The van der Waals surface area contributed by atoms with E-state index in [4.69, 9.17) is 4.99 Å². The first-order valence-electron chi connectivity index (χ1n) is 10.2. The maximum atomic E-state index is 14.1. The third-order valence-corrected chi connectivity index (χ3v) is 5.53. The largest absolute Gasteiger partial charge is 0.302 e. The molecule has 2 unspecified atom stereocenters. The molecule has 0 saturated heterocycles. The lowest BCUT2D eigenvalue weighted by molar-refractivity contribution is 0.221. The van der Waals surface area contributed by atoms with Crippen LogP contribution in [0, 0.1) is 11.8 Å². The van der Waals surface area contributed by atoms with E-state index in [1.807, 2.05) is 30.3 Å². The molecule has 0 aliphatic carbocycles. The van der Waals surface area contributed by atoms with Crippen molar-refractivity contribution in [1.82, 2.24) is 5.32 Å². The molecule has 148 valence electrons. The van der Waals surface area contributed by atoms with E-state index in [2.05, 4.69) is 38.7 Å². The van der Waals surface area contributed by atoms with E-state index in [1.54, 1.807) is 13.8 Å². The molecule has 1 N–H and O–H groups in total. The third-order valence-electron chi connectivity index (χ3n) is 5.53. The molecule has 2 nitrogen and oxygen atoms in total. The van der Waals surface area contributed by atoms with Gasteiger partial charge in [0.05, 0.1) is 11.7 Å². The highest BCUT2D eigenvalue weighted by molar-refractivity contribution is 6.00. The number of rotatable bonds is 10. The molecule has 0 saturated carbocycles. The van der Waals surface area contributed by atoms with Crippen LogP contribution in [0.25, 0.3) is 5.70 Å². The van der Waals surface area contributed by atoms with Crippen LogP contribution in [-0.4, -0.2) is 18.3 Å². The average molecular weight is 371 g/mol. The number of alkyl halides is 1. The second-order valence-corrected chi connectivity index (χ2v) is 8.49. The van der Waals surface area contributed by atoms with E-state index in [9.17, 15) is 4.39 Å². The monoisotopic (exact) mass is 370 g/mol. The number of aliphatic imine (C=N–C) groups is 1. The fourth-order valence-corrected chi connectivity index (χ4v) is 3.25. The van der Waals surface area contributed by atoms with E-state index in [-0.39, 0.29) is 6.04 Å². The van der Waals surface area contributed by atoms with Gasteiger partial charge < -0.3 is 5.32 Å². The third kappa shape index (κ3) is 6.14. The first-order chi connectivity index (χ1) is 12.7. The van der Waals surface area contributed by atoms with Gasteiger partial charge in [-0.1, -0.05) is 57.5 Å². The van der Waals surface area contributed by atoms with E-state index < -0.39 is 5.67 Å². The zero-order chi connectivity index (χ0) is 20.0. The number of hydrogen-bond acceptors (Lipinski definition) is 2. The van der Waals surface area contributed by atoms with Crippen molar-refractivity contribution in [3.8, 4) is 0 Å². The first kappa shape index (κ1) is 21.6. The van der Waals surface area contributed by atoms with Crippen LogP contribution in [0.3, 0.4) is 0 Å². The van der Waals surface area contributed by atoms with Gasteiger partial charge in [-0.05, 0) is 55.7 Å². The molecule has 0 radical (unpaired) electrons. The Morgan fingerprint density at radius 3 is 2.44 bits per heavy atom. The Morgan fingerprint density at radius 2 is 1.89 bits per heavy atom. The van der Waals surface area contributed by atoms with Gasteiger partial charge in [-0.2, -0.15) is 0 Å². The second-order valence-electron chi connectivity index (χ2n) is 8.49. The summed E-state index contributed by atoms with van der Waals surface area (Å²) < 4.78 is 14.1. The molecule has 27 heavy (non-hydrogen) atoms. The maximum Gasteiger partial charge on any atom is 0.130 e. The Kier molecular flexibility index (Phi) is 7.55. The molecule has 0 bridgehead atoms. The van der Waals surface area contributed by atoms with Crippen molar-refractivity contribution >= 4 is 11.4 Å². The molecule has 1 aliphatic heterocycles. The Balaban J connectivity index is 2.10. The minimum atomic E-state index is -1.32. The molecular weight excluding hydrogens is 335 g/mol. The van der Waals surface area contributed by atoms with E-state index >= 15 is 0 Å². The summed E-state index contributed by atoms with van der Waals surface area (Å²) in [6, 6.07) is 7.82. The molecule has 0 spiro atoms. The van der Waals surface area contributed by atoms with Gasteiger partial charge in [0.1, 0.15) is 5.67 Å². The Bertz CT molecular complexity index is 677. The topological polar surface area (TPSA) is 24.4 Å². The molecule has 0 fully saturated rings. The predicted molar refractivity (Wildman–Crippen MR) is 116 cm³/mol. The van der Waals surface area contributed by atoms with Crippen LogP contribution >= 0.6 is 0 Å². The summed E-state index contributed by atoms with van der Waals surface area (Å²) in [5.41, 5.74) is 2.58. The highest BCUT2D eigenvalue weighted by Crippen LogP contribution is 2.29. The molecule has 1 aliphatic rings. The van der Waals surface area contributed by atoms with Crippen molar-refractivity contribution in [2.45, 2.75) is 65.6 Å². The summed E-state index contributed by atoms with van der Waals surface area (Å²) in [5.74, 6) is 1.45. The molecule has 3 heteroatoms. The molecule has 1 aromatic carbocycles. The maximum absolute atomic E-state index is 14.1. The zero-order valence-corrected chi connectivity index (χ0v) is 17.6. The SMILES string of the molecule is C=CCNC1C=C(c2ccc(C(C)(C)F)cc2)N=C1CCCC(C)C(C)C. The number of nitrogens with one attached hydrogen (secondary N) is 1. The smallest absolute Gasteiger partial charge is 0.130 e. The van der Waals surface area contributed by atoms with Gasteiger partial charge in [-0.25, -0.2) is 4.39 Å². The fourth-order valence-electron chi connectivity index (χ4n) is 3.25. The summed E-state index contributed by atoms with van der Waals surface area (Å²) in [6.45, 7) is 14.6. The number of hydrogen-bond donors (Lipinski definition) is 1. The Morgan fingerprint density at radius 1 is 1.22 bits per heavy atom. The van der Waals surface area contributed by atoms with E-state index in [0.29, 0.717) is 5.56 Å². The summed E-state index contributed by atoms with van der Waals surface area (Å²) in [4.78, 5) is 4.91. The van der Waals surface area contributed by atoms with Crippen LogP contribution in [0.1, 0.15) is 65.0 Å². The number of nitrogens with zero attached hydrogens (tertiary/aromatic N) is 1. The molecule has 0 aromatic heterocycles. The van der Waals surface area contributed by atoms with Gasteiger partial charge in [-0.3, -0.25) is 4.99 Å². The van der Waals surface area contributed by atoms with E-state index in [1.165, 1.54) is 12.1 Å². The van der Waals surface area contributed by atoms with Crippen LogP contribution in [-0.2, 0) is 5.67 Å². The zero-order valence-electron chi connectivity index (χ0n) is 17.6. The van der Waals surface area contributed by atoms with Crippen LogP contribution in [0.2, 0.25) is 0 Å². The van der Waals surface area contributed by atoms with Crippen LogP contribution in [0.15, 0.2) is 48.0 Å². The number of benzene rings is 1. The van der Waals surface area contributed by atoms with Crippen molar-refractivity contribution in [2.24, 2.45) is 16.8 Å². The Labute approximate surface area is 164 Å². The van der Waals surface area contributed by atoms with Crippen LogP contribution < -0.4 is 5.32 Å². The van der Waals surface area contributed by atoms with Crippen LogP contribution in [0.5, 0.6) is 0 Å². The summed E-state index contributed by atoms with van der Waals surface area (Å²) in [7, 11) is 0. The summed E-state index contributed by atoms with van der Waals surface area (Å²) in [6.07, 6.45) is 7.44. The van der Waals surface area contributed by atoms with Crippen molar-refractivity contribution in [1.29, 1.82) is 0 Å². The number of halogens is 1. The lowest BCUT2D eigenvalue weighted by Crippen LogP contribution is -2.33. The molecule has 2 atom stereocenters. The van der Waals surface area contributed by atoms with Crippen molar-refractivity contribution < 1.29 is 4.39 Å². The van der Waals surface area contributed by atoms with Gasteiger partial charge in [-0.15, -0.1) is 6.58 Å². The van der Waals surface area contributed by atoms with Gasteiger partial charge in [0.2, 0.25) is 0 Å². The summed E-state index contributed by atoms with van der Waals surface area (Å²) >= 11 is 0. The van der Waals surface area contributed by atoms with Crippen molar-refractivity contribution in [2.75, 3.05) is 6.54 Å². The average Bonchev–Trinajstić information content (AvgIpc) is 3.02. The second kappa shape index (κ2) is 9.45. The normalized spacial score (nSPS) is 18.4.